The van der Waals surface area contributed by atoms with E-state index in [0.717, 1.165) is 0 Å². The summed E-state index contributed by atoms with van der Waals surface area (Å²) in [6.07, 6.45) is 4.84. The Morgan fingerprint density at radius 3 is 2.88 bits per heavy atom. The summed E-state index contributed by atoms with van der Waals surface area (Å²) >= 11 is 0. The highest BCUT2D eigenvalue weighted by atomic mass is 16.2. The molecule has 0 bridgehead atoms. The molecule has 1 aromatic carbocycles. The molecule has 2 N–H and O–H groups in total. The van der Waals surface area contributed by atoms with Crippen molar-refractivity contribution in [2.45, 2.75) is 12.3 Å². The molecule has 1 aliphatic heterocycles. The summed E-state index contributed by atoms with van der Waals surface area (Å²) in [6, 6.07) is 8.94. The van der Waals surface area contributed by atoms with E-state index in [4.69, 9.17) is 0 Å². The molecule has 3 heterocycles. The minimum absolute atomic E-state index is 0.0843. The van der Waals surface area contributed by atoms with Crippen molar-refractivity contribution in [1.29, 1.82) is 0 Å². The standard InChI is InChI=1S/C17H13N5O2/c23-14-9-11(10-3-2-6-20-16(10)22-14)17(24)21-13-5-1-4-12-15(13)19-8-7-18-12/h1-8,11H,9H2,(H,21,24)(H,20,22,23). The number of fused-ring (bicyclic) bond motifs is 2. The number of carbonyl (C=O) groups is 2. The summed E-state index contributed by atoms with van der Waals surface area (Å²) in [6.45, 7) is 0. The molecule has 1 aliphatic rings. The van der Waals surface area contributed by atoms with E-state index in [0.29, 0.717) is 28.1 Å². The van der Waals surface area contributed by atoms with Crippen LogP contribution in [0, 0.1) is 0 Å². The molecule has 1 unspecified atom stereocenters. The average molecular weight is 319 g/mol. The Balaban J connectivity index is 1.68. The largest absolute Gasteiger partial charge is 0.324 e. The number of nitrogens with zero attached hydrogens (tertiary/aromatic N) is 3. The second-order valence-corrected chi connectivity index (χ2v) is 5.47. The van der Waals surface area contributed by atoms with E-state index in [1.54, 1.807) is 42.9 Å². The van der Waals surface area contributed by atoms with Gasteiger partial charge in [-0.2, -0.15) is 0 Å². The third kappa shape index (κ3) is 2.45. The molecule has 0 aliphatic carbocycles. The topological polar surface area (TPSA) is 96.9 Å². The summed E-state index contributed by atoms with van der Waals surface area (Å²) in [5.41, 5.74) is 2.58. The van der Waals surface area contributed by atoms with Gasteiger partial charge in [0.1, 0.15) is 11.3 Å². The maximum Gasteiger partial charge on any atom is 0.232 e. The number of pyridine rings is 1. The summed E-state index contributed by atoms with van der Waals surface area (Å²) in [4.78, 5) is 37.2. The predicted octanol–water partition coefficient (Wildman–Crippen LogP) is 2.09. The van der Waals surface area contributed by atoms with Crippen LogP contribution in [0.5, 0.6) is 0 Å². The molecule has 0 saturated heterocycles. The maximum absolute atomic E-state index is 12.8. The monoisotopic (exact) mass is 319 g/mol. The fourth-order valence-corrected chi connectivity index (χ4v) is 2.83. The van der Waals surface area contributed by atoms with Gasteiger partial charge in [0.05, 0.1) is 17.1 Å². The summed E-state index contributed by atoms with van der Waals surface area (Å²) < 4.78 is 0. The number of benzene rings is 1. The molecule has 0 spiro atoms. The third-order valence-electron chi connectivity index (χ3n) is 3.93. The molecule has 0 saturated carbocycles. The van der Waals surface area contributed by atoms with Crippen LogP contribution in [0.15, 0.2) is 48.9 Å². The van der Waals surface area contributed by atoms with Gasteiger partial charge in [0, 0.05) is 30.6 Å². The molecule has 1 atom stereocenters. The summed E-state index contributed by atoms with van der Waals surface area (Å²) in [5.74, 6) is -0.641. The lowest BCUT2D eigenvalue weighted by Gasteiger charge is -2.23. The highest BCUT2D eigenvalue weighted by molar-refractivity contribution is 6.06. The molecular weight excluding hydrogens is 306 g/mol. The zero-order chi connectivity index (χ0) is 16.5. The van der Waals surface area contributed by atoms with E-state index in [2.05, 4.69) is 25.6 Å². The van der Waals surface area contributed by atoms with Crippen molar-refractivity contribution in [2.24, 2.45) is 0 Å². The van der Waals surface area contributed by atoms with Gasteiger partial charge in [0.2, 0.25) is 11.8 Å². The number of amides is 2. The molecule has 0 radical (unpaired) electrons. The van der Waals surface area contributed by atoms with Gasteiger partial charge in [-0.15, -0.1) is 0 Å². The minimum Gasteiger partial charge on any atom is -0.324 e. The number of aromatic nitrogens is 3. The van der Waals surface area contributed by atoms with Gasteiger partial charge < -0.3 is 10.6 Å². The summed E-state index contributed by atoms with van der Waals surface area (Å²) in [5, 5.41) is 5.55. The zero-order valence-electron chi connectivity index (χ0n) is 12.6. The van der Waals surface area contributed by atoms with E-state index in [-0.39, 0.29) is 18.2 Å². The molecule has 0 fully saturated rings. The lowest BCUT2D eigenvalue weighted by atomic mass is 9.92. The van der Waals surface area contributed by atoms with Crippen LogP contribution in [0.1, 0.15) is 17.9 Å². The van der Waals surface area contributed by atoms with E-state index in [1.807, 2.05) is 6.07 Å². The van der Waals surface area contributed by atoms with E-state index in [1.165, 1.54) is 0 Å². The van der Waals surface area contributed by atoms with Gasteiger partial charge in [-0.3, -0.25) is 19.6 Å². The molecule has 2 aromatic heterocycles. The Morgan fingerprint density at radius 2 is 1.96 bits per heavy atom. The van der Waals surface area contributed by atoms with Crippen molar-refractivity contribution in [1.82, 2.24) is 15.0 Å². The van der Waals surface area contributed by atoms with Crippen molar-refractivity contribution in [3.63, 3.8) is 0 Å². The Bertz CT molecular complexity index is 951. The first-order chi connectivity index (χ1) is 11.7. The lowest BCUT2D eigenvalue weighted by molar-refractivity contribution is -0.123. The van der Waals surface area contributed by atoms with Gasteiger partial charge in [-0.05, 0) is 18.2 Å². The minimum atomic E-state index is -0.589. The van der Waals surface area contributed by atoms with Crippen molar-refractivity contribution < 1.29 is 9.59 Å². The van der Waals surface area contributed by atoms with Crippen LogP contribution in [0.3, 0.4) is 0 Å². The van der Waals surface area contributed by atoms with Crippen LogP contribution in [0.4, 0.5) is 11.5 Å². The molecular formula is C17H13N5O2. The van der Waals surface area contributed by atoms with Crippen LogP contribution in [-0.4, -0.2) is 26.8 Å². The highest BCUT2D eigenvalue weighted by Crippen LogP contribution is 2.32. The van der Waals surface area contributed by atoms with Gasteiger partial charge in [-0.25, -0.2) is 4.98 Å². The Hall–Kier alpha value is -3.35. The van der Waals surface area contributed by atoms with Crippen molar-refractivity contribution >= 4 is 34.4 Å². The second-order valence-electron chi connectivity index (χ2n) is 5.47. The molecule has 2 amide bonds. The maximum atomic E-state index is 12.8. The number of anilines is 2. The first-order valence-corrected chi connectivity index (χ1v) is 7.48. The SMILES string of the molecule is O=C1CC(C(=O)Nc2cccc3nccnc23)c2cccnc2N1. The van der Waals surface area contributed by atoms with Crippen LogP contribution in [0.25, 0.3) is 11.0 Å². The number of hydrogen-bond acceptors (Lipinski definition) is 5. The first-order valence-electron chi connectivity index (χ1n) is 7.48. The molecule has 4 rings (SSSR count). The van der Waals surface area contributed by atoms with Crippen LogP contribution < -0.4 is 10.6 Å². The highest BCUT2D eigenvalue weighted by Gasteiger charge is 2.31. The number of hydrogen-bond donors (Lipinski definition) is 2. The number of para-hydroxylation sites is 1. The van der Waals surface area contributed by atoms with Crippen LogP contribution in [-0.2, 0) is 9.59 Å². The molecule has 118 valence electrons. The van der Waals surface area contributed by atoms with Crippen molar-refractivity contribution in [2.75, 3.05) is 10.6 Å². The molecule has 24 heavy (non-hydrogen) atoms. The van der Waals surface area contributed by atoms with E-state index >= 15 is 0 Å². The van der Waals surface area contributed by atoms with Crippen LogP contribution >= 0.6 is 0 Å². The normalized spacial score (nSPS) is 16.3. The van der Waals surface area contributed by atoms with Gasteiger partial charge >= 0.3 is 0 Å². The predicted molar refractivity (Wildman–Crippen MR) is 88.4 cm³/mol. The van der Waals surface area contributed by atoms with Gasteiger partial charge in [0.15, 0.2) is 0 Å². The fraction of sp³-hybridized carbons (Fsp3) is 0.118. The molecule has 3 aromatic rings. The van der Waals surface area contributed by atoms with Crippen molar-refractivity contribution in [3.8, 4) is 0 Å². The molecule has 7 nitrogen and oxygen atoms in total. The summed E-state index contributed by atoms with van der Waals surface area (Å²) in [7, 11) is 0. The zero-order valence-corrected chi connectivity index (χ0v) is 12.6. The third-order valence-corrected chi connectivity index (χ3v) is 3.93. The lowest BCUT2D eigenvalue weighted by Crippen LogP contribution is -2.31. The van der Waals surface area contributed by atoms with Gasteiger partial charge in [0.25, 0.3) is 0 Å². The molecule has 7 heteroatoms. The van der Waals surface area contributed by atoms with E-state index in [9.17, 15) is 9.59 Å². The Kier molecular flexibility index (Phi) is 3.38. The van der Waals surface area contributed by atoms with Crippen LogP contribution in [0.2, 0.25) is 0 Å². The fourth-order valence-electron chi connectivity index (χ4n) is 2.83. The number of rotatable bonds is 2. The quantitative estimate of drug-likeness (QED) is 0.754. The second kappa shape index (κ2) is 5.69. The van der Waals surface area contributed by atoms with E-state index < -0.39 is 5.92 Å². The van der Waals surface area contributed by atoms with Crippen molar-refractivity contribution in [3.05, 3.63) is 54.5 Å². The number of carbonyl (C=O) groups excluding carboxylic acids is 2. The Labute approximate surface area is 137 Å². The number of nitrogens with one attached hydrogen (secondary N) is 2. The average Bonchev–Trinajstić information content (AvgIpc) is 2.61. The van der Waals surface area contributed by atoms with Gasteiger partial charge in [-0.1, -0.05) is 12.1 Å². The Morgan fingerprint density at radius 1 is 1.08 bits per heavy atom. The first kappa shape index (κ1) is 14.3. The smallest absolute Gasteiger partial charge is 0.232 e.